The average molecular weight is 286 g/mol. The molecule has 2 aliphatic carbocycles. The molecule has 0 aromatic carbocycles. The minimum absolute atomic E-state index is 0.669. The van der Waals surface area contributed by atoms with Gasteiger partial charge in [-0.2, -0.15) is 11.8 Å². The largest absolute Gasteiger partial charge is 0.154 e. The van der Waals surface area contributed by atoms with E-state index in [1.807, 2.05) is 0 Å². The highest BCUT2D eigenvalue weighted by Gasteiger charge is 2.42. The zero-order valence-corrected chi connectivity index (χ0v) is 13.5. The second-order valence-electron chi connectivity index (χ2n) is 6.21. The summed E-state index contributed by atoms with van der Waals surface area (Å²) in [7, 11) is 0. The van der Waals surface area contributed by atoms with E-state index in [9.17, 15) is 0 Å². The quantitative estimate of drug-likeness (QED) is 0.614. The van der Waals surface area contributed by atoms with Crippen LogP contribution < -0.4 is 0 Å². The Kier molecular flexibility index (Phi) is 4.55. The molecule has 1 fully saturated rings. The SMILES string of the molecule is C/C=C\C1C(CC)SC2CC(C3=CCCC=C3)C=CC21. The molecule has 0 saturated carbocycles. The standard InChI is InChI=1S/C19H26S/c1-3-8-16-17-12-11-15(14-9-6-5-7-10-14)13-19(17)20-18(16)4-2/h3,6,8-12,15-19H,4-5,7,13H2,1-2H3/b8-3-. The first-order valence-corrected chi connectivity index (χ1v) is 9.11. The summed E-state index contributed by atoms with van der Waals surface area (Å²) in [5.41, 5.74) is 1.56. The number of hydrogen-bond donors (Lipinski definition) is 0. The minimum Gasteiger partial charge on any atom is -0.154 e. The lowest BCUT2D eigenvalue weighted by Crippen LogP contribution is -2.24. The molecule has 0 aromatic heterocycles. The molecule has 1 heterocycles. The molecule has 1 saturated heterocycles. The van der Waals surface area contributed by atoms with E-state index in [-0.39, 0.29) is 0 Å². The van der Waals surface area contributed by atoms with E-state index in [1.54, 1.807) is 5.57 Å². The highest BCUT2D eigenvalue weighted by molar-refractivity contribution is 8.00. The van der Waals surface area contributed by atoms with Gasteiger partial charge < -0.3 is 0 Å². The van der Waals surface area contributed by atoms with Crippen LogP contribution in [0.15, 0.2) is 48.1 Å². The number of fused-ring (bicyclic) bond motifs is 1. The van der Waals surface area contributed by atoms with Gasteiger partial charge in [0.2, 0.25) is 0 Å². The van der Waals surface area contributed by atoms with Crippen LogP contribution in [-0.2, 0) is 0 Å². The molecule has 0 bridgehead atoms. The molecule has 0 nitrogen and oxygen atoms in total. The summed E-state index contributed by atoms with van der Waals surface area (Å²) in [5.74, 6) is 2.20. The average Bonchev–Trinajstić information content (AvgIpc) is 2.86. The van der Waals surface area contributed by atoms with Gasteiger partial charge in [0, 0.05) is 16.4 Å². The monoisotopic (exact) mass is 286 g/mol. The predicted octanol–water partition coefficient (Wildman–Crippen LogP) is 5.54. The second kappa shape index (κ2) is 6.39. The Morgan fingerprint density at radius 3 is 2.90 bits per heavy atom. The lowest BCUT2D eigenvalue weighted by Gasteiger charge is -2.29. The van der Waals surface area contributed by atoms with Crippen molar-refractivity contribution in [2.24, 2.45) is 17.8 Å². The zero-order valence-electron chi connectivity index (χ0n) is 12.7. The normalized spacial score (nSPS) is 40.1. The van der Waals surface area contributed by atoms with Gasteiger partial charge >= 0.3 is 0 Å². The molecule has 1 aliphatic heterocycles. The molecular weight excluding hydrogens is 260 g/mol. The fourth-order valence-electron chi connectivity index (χ4n) is 3.96. The molecule has 0 N–H and O–H groups in total. The lowest BCUT2D eigenvalue weighted by molar-refractivity contribution is 0.427. The van der Waals surface area contributed by atoms with Crippen molar-refractivity contribution in [3.8, 4) is 0 Å². The van der Waals surface area contributed by atoms with Gasteiger partial charge in [-0.15, -0.1) is 0 Å². The highest BCUT2D eigenvalue weighted by atomic mass is 32.2. The first kappa shape index (κ1) is 14.3. The van der Waals surface area contributed by atoms with Crippen LogP contribution in [0.25, 0.3) is 0 Å². The van der Waals surface area contributed by atoms with E-state index in [4.69, 9.17) is 0 Å². The summed E-state index contributed by atoms with van der Waals surface area (Å²) in [6, 6.07) is 0. The summed E-state index contributed by atoms with van der Waals surface area (Å²) in [5, 5.41) is 1.65. The van der Waals surface area contributed by atoms with Crippen molar-refractivity contribution < 1.29 is 0 Å². The summed E-state index contributed by atoms with van der Waals surface area (Å²) < 4.78 is 0. The fraction of sp³-hybridized carbons (Fsp3) is 0.579. The van der Waals surface area contributed by atoms with Crippen molar-refractivity contribution in [3.63, 3.8) is 0 Å². The third kappa shape index (κ3) is 2.70. The Bertz CT molecular complexity index is 454. The van der Waals surface area contributed by atoms with Gasteiger partial charge in [-0.25, -0.2) is 0 Å². The van der Waals surface area contributed by atoms with E-state index < -0.39 is 0 Å². The molecule has 0 spiro atoms. The molecule has 0 amide bonds. The maximum Gasteiger partial charge on any atom is 0.0128 e. The Morgan fingerprint density at radius 2 is 2.20 bits per heavy atom. The smallest absolute Gasteiger partial charge is 0.0128 e. The van der Waals surface area contributed by atoms with E-state index in [2.05, 4.69) is 68.1 Å². The molecule has 3 aliphatic rings. The summed E-state index contributed by atoms with van der Waals surface area (Å²) in [6.45, 7) is 4.51. The Hall–Kier alpha value is -0.690. The lowest BCUT2D eigenvalue weighted by atomic mass is 9.76. The van der Waals surface area contributed by atoms with E-state index in [0.717, 1.165) is 22.3 Å². The first-order valence-electron chi connectivity index (χ1n) is 8.16. The van der Waals surface area contributed by atoms with Gasteiger partial charge in [0.1, 0.15) is 0 Å². The van der Waals surface area contributed by atoms with Gasteiger partial charge in [0.25, 0.3) is 0 Å². The van der Waals surface area contributed by atoms with Crippen LogP contribution in [0.5, 0.6) is 0 Å². The maximum atomic E-state index is 2.54. The van der Waals surface area contributed by atoms with E-state index in [1.165, 1.54) is 25.7 Å². The Balaban J connectivity index is 1.77. The van der Waals surface area contributed by atoms with Crippen molar-refractivity contribution in [2.45, 2.75) is 50.0 Å². The van der Waals surface area contributed by atoms with Gasteiger partial charge in [-0.3, -0.25) is 0 Å². The van der Waals surface area contributed by atoms with Crippen LogP contribution >= 0.6 is 11.8 Å². The Morgan fingerprint density at radius 1 is 1.30 bits per heavy atom. The van der Waals surface area contributed by atoms with Crippen LogP contribution in [0.2, 0.25) is 0 Å². The molecule has 0 radical (unpaired) electrons. The molecule has 108 valence electrons. The van der Waals surface area contributed by atoms with Crippen LogP contribution in [0.1, 0.15) is 39.5 Å². The van der Waals surface area contributed by atoms with Crippen molar-refractivity contribution in [3.05, 3.63) is 48.1 Å². The molecule has 1 heteroatoms. The molecule has 0 aromatic rings. The zero-order chi connectivity index (χ0) is 13.9. The topological polar surface area (TPSA) is 0 Å². The van der Waals surface area contributed by atoms with Crippen LogP contribution in [0.3, 0.4) is 0 Å². The van der Waals surface area contributed by atoms with Gasteiger partial charge in [-0.05, 0) is 50.0 Å². The first-order chi connectivity index (χ1) is 9.83. The summed E-state index contributed by atoms with van der Waals surface area (Å²) >= 11 is 2.26. The van der Waals surface area contributed by atoms with Crippen LogP contribution in [-0.4, -0.2) is 10.5 Å². The van der Waals surface area contributed by atoms with E-state index >= 15 is 0 Å². The third-order valence-corrected chi connectivity index (χ3v) is 6.83. The maximum absolute atomic E-state index is 2.54. The van der Waals surface area contributed by atoms with Gasteiger partial charge in [0.15, 0.2) is 0 Å². The number of allylic oxidation sites excluding steroid dienone is 8. The van der Waals surface area contributed by atoms with Crippen molar-refractivity contribution >= 4 is 11.8 Å². The van der Waals surface area contributed by atoms with Crippen molar-refractivity contribution in [1.29, 1.82) is 0 Å². The minimum atomic E-state index is 0.669. The second-order valence-corrected chi connectivity index (χ2v) is 7.70. The summed E-state index contributed by atoms with van der Waals surface area (Å²) in [4.78, 5) is 0. The molecule has 5 unspecified atom stereocenters. The van der Waals surface area contributed by atoms with E-state index in [0.29, 0.717) is 5.92 Å². The number of thioether (sulfide) groups is 1. The Labute approximate surface area is 128 Å². The number of rotatable bonds is 3. The van der Waals surface area contributed by atoms with Crippen molar-refractivity contribution in [1.82, 2.24) is 0 Å². The van der Waals surface area contributed by atoms with Gasteiger partial charge in [-0.1, -0.05) is 49.5 Å². The predicted molar refractivity (Wildman–Crippen MR) is 91.0 cm³/mol. The summed E-state index contributed by atoms with van der Waals surface area (Å²) in [6.07, 6.45) is 22.0. The molecular formula is C19H26S. The molecule has 5 atom stereocenters. The number of hydrogen-bond acceptors (Lipinski definition) is 1. The molecule has 20 heavy (non-hydrogen) atoms. The fourth-order valence-corrected chi connectivity index (χ4v) is 5.82. The van der Waals surface area contributed by atoms with Crippen LogP contribution in [0, 0.1) is 17.8 Å². The van der Waals surface area contributed by atoms with Crippen molar-refractivity contribution in [2.75, 3.05) is 0 Å². The highest BCUT2D eigenvalue weighted by Crippen LogP contribution is 2.51. The molecule has 3 rings (SSSR count). The van der Waals surface area contributed by atoms with Crippen LogP contribution in [0.4, 0.5) is 0 Å². The van der Waals surface area contributed by atoms with Gasteiger partial charge in [0.05, 0.1) is 0 Å². The third-order valence-electron chi connectivity index (χ3n) is 4.97.